The van der Waals surface area contributed by atoms with Crippen molar-refractivity contribution in [2.24, 2.45) is 0 Å². The highest BCUT2D eigenvalue weighted by Gasteiger charge is 2.19. The number of carbonyl (C=O) groups is 1. The summed E-state index contributed by atoms with van der Waals surface area (Å²) in [5.74, 6) is -0.0861. The van der Waals surface area contributed by atoms with E-state index >= 15 is 0 Å². The first-order valence-electron chi connectivity index (χ1n) is 4.95. The molecule has 90 valence electrons. The Morgan fingerprint density at radius 2 is 2.07 bits per heavy atom. The van der Waals surface area contributed by atoms with E-state index in [2.05, 4.69) is 21.2 Å². The van der Waals surface area contributed by atoms with Crippen LogP contribution in [-0.4, -0.2) is 43.7 Å². The van der Waals surface area contributed by atoms with Gasteiger partial charge in [0.2, 0.25) is 5.91 Å². The van der Waals surface area contributed by atoms with Gasteiger partial charge in [-0.15, -0.1) is 0 Å². The lowest BCUT2D eigenvalue weighted by molar-refractivity contribution is -0.127. The van der Waals surface area contributed by atoms with Crippen LogP contribution in [0.4, 0.5) is 0 Å². The molecule has 0 aliphatic carbocycles. The maximum atomic E-state index is 11.4. The van der Waals surface area contributed by atoms with Gasteiger partial charge in [-0.3, -0.25) is 4.79 Å². The molecule has 0 aliphatic rings. The molecule has 0 unspecified atom stereocenters. The number of rotatable bonds is 8. The Morgan fingerprint density at radius 3 is 2.60 bits per heavy atom. The first kappa shape index (κ1) is 14.9. The van der Waals surface area contributed by atoms with E-state index in [0.717, 1.165) is 11.8 Å². The molecule has 0 rings (SSSR count). The first-order chi connectivity index (χ1) is 7.02. The van der Waals surface area contributed by atoms with Crippen LogP contribution >= 0.6 is 15.9 Å². The lowest BCUT2D eigenvalue weighted by atomic mass is 10.0. The van der Waals surface area contributed by atoms with Crippen LogP contribution in [0.2, 0.25) is 0 Å². The molecule has 0 saturated carbocycles. The van der Waals surface area contributed by atoms with Crippen molar-refractivity contribution in [3.05, 3.63) is 0 Å². The summed E-state index contributed by atoms with van der Waals surface area (Å²) in [5.41, 5.74) is -0.189. The summed E-state index contributed by atoms with van der Waals surface area (Å²) < 4.78 is 9.91. The van der Waals surface area contributed by atoms with Crippen LogP contribution < -0.4 is 5.32 Å². The van der Waals surface area contributed by atoms with Gasteiger partial charge in [0.1, 0.15) is 6.61 Å². The number of carbonyl (C=O) groups excluding carboxylic acids is 1. The Morgan fingerprint density at radius 1 is 1.40 bits per heavy atom. The molecule has 4 nitrogen and oxygen atoms in total. The van der Waals surface area contributed by atoms with E-state index in [1.54, 1.807) is 7.11 Å². The van der Waals surface area contributed by atoms with E-state index < -0.39 is 0 Å². The van der Waals surface area contributed by atoms with Crippen molar-refractivity contribution in [3.8, 4) is 0 Å². The van der Waals surface area contributed by atoms with Crippen molar-refractivity contribution in [3.63, 3.8) is 0 Å². The van der Waals surface area contributed by atoms with Gasteiger partial charge < -0.3 is 14.8 Å². The number of halogens is 1. The quantitative estimate of drug-likeness (QED) is 0.539. The minimum absolute atomic E-state index is 0.0861. The van der Waals surface area contributed by atoms with Gasteiger partial charge in [0.05, 0.1) is 13.2 Å². The number of hydrogen-bond donors (Lipinski definition) is 1. The minimum Gasteiger partial charge on any atom is -0.382 e. The smallest absolute Gasteiger partial charge is 0.246 e. The monoisotopic (exact) mass is 281 g/mol. The van der Waals surface area contributed by atoms with E-state index in [-0.39, 0.29) is 18.1 Å². The van der Waals surface area contributed by atoms with Crippen LogP contribution in [0.3, 0.4) is 0 Å². The zero-order valence-corrected chi connectivity index (χ0v) is 11.2. The van der Waals surface area contributed by atoms with Crippen molar-refractivity contribution in [1.82, 2.24) is 5.32 Å². The van der Waals surface area contributed by atoms with Gasteiger partial charge in [-0.05, 0) is 20.3 Å². The van der Waals surface area contributed by atoms with E-state index in [1.807, 2.05) is 13.8 Å². The highest BCUT2D eigenvalue weighted by Crippen LogP contribution is 2.09. The molecule has 0 saturated heterocycles. The summed E-state index contributed by atoms with van der Waals surface area (Å²) in [4.78, 5) is 11.4. The second-order valence-corrected chi connectivity index (χ2v) is 4.71. The third-order valence-corrected chi connectivity index (χ3v) is 2.26. The average Bonchev–Trinajstić information content (AvgIpc) is 2.11. The molecule has 0 aromatic heterocycles. The first-order valence-corrected chi connectivity index (χ1v) is 6.07. The maximum Gasteiger partial charge on any atom is 0.246 e. The van der Waals surface area contributed by atoms with Crippen molar-refractivity contribution < 1.29 is 14.3 Å². The number of ether oxygens (including phenoxy) is 2. The molecule has 0 atom stereocenters. The van der Waals surface area contributed by atoms with Gasteiger partial charge in [0, 0.05) is 18.0 Å². The zero-order chi connectivity index (χ0) is 11.7. The van der Waals surface area contributed by atoms with Gasteiger partial charge >= 0.3 is 0 Å². The predicted octanol–water partition coefficient (Wildman–Crippen LogP) is 1.33. The van der Waals surface area contributed by atoms with Crippen LogP contribution in [0, 0.1) is 0 Å². The molecule has 0 bridgehead atoms. The van der Waals surface area contributed by atoms with E-state index in [1.165, 1.54) is 0 Å². The van der Waals surface area contributed by atoms with Crippen LogP contribution in [0.15, 0.2) is 0 Å². The lowest BCUT2D eigenvalue weighted by Crippen LogP contribution is -2.45. The minimum atomic E-state index is -0.189. The molecule has 5 heteroatoms. The summed E-state index contributed by atoms with van der Waals surface area (Å²) in [7, 11) is 1.60. The zero-order valence-electron chi connectivity index (χ0n) is 9.64. The Bertz CT molecular complexity index is 186. The fraction of sp³-hybridized carbons (Fsp3) is 0.900. The van der Waals surface area contributed by atoms with Gasteiger partial charge in [-0.2, -0.15) is 0 Å². The third-order valence-electron chi connectivity index (χ3n) is 1.86. The number of methoxy groups -OCH3 is 1. The van der Waals surface area contributed by atoms with Crippen LogP contribution in [0.5, 0.6) is 0 Å². The molecule has 1 amide bonds. The highest BCUT2D eigenvalue weighted by molar-refractivity contribution is 9.09. The Kier molecular flexibility index (Phi) is 8.00. The molecule has 0 radical (unpaired) electrons. The van der Waals surface area contributed by atoms with E-state index in [9.17, 15) is 4.79 Å². The standard InChI is InChI=1S/C10H20BrNO3/c1-10(2,4-5-11)12-9(13)8-15-7-6-14-3/h4-8H2,1-3H3,(H,12,13). The van der Waals surface area contributed by atoms with Crippen molar-refractivity contribution >= 4 is 21.8 Å². The summed E-state index contributed by atoms with van der Waals surface area (Å²) in [6, 6.07) is 0. The van der Waals surface area contributed by atoms with Crippen LogP contribution in [-0.2, 0) is 14.3 Å². The lowest BCUT2D eigenvalue weighted by Gasteiger charge is -2.25. The number of hydrogen-bond acceptors (Lipinski definition) is 3. The summed E-state index contributed by atoms with van der Waals surface area (Å²) in [6.07, 6.45) is 0.886. The maximum absolute atomic E-state index is 11.4. The second-order valence-electron chi connectivity index (χ2n) is 3.92. The van der Waals surface area contributed by atoms with Crippen molar-refractivity contribution in [1.29, 1.82) is 0 Å². The SMILES string of the molecule is COCCOCC(=O)NC(C)(C)CCBr. The number of amides is 1. The topological polar surface area (TPSA) is 47.6 Å². The van der Waals surface area contributed by atoms with E-state index in [4.69, 9.17) is 9.47 Å². The van der Waals surface area contributed by atoms with Gasteiger partial charge in [0.15, 0.2) is 0 Å². The molecule has 0 aliphatic heterocycles. The van der Waals surface area contributed by atoms with Crippen LogP contribution in [0.1, 0.15) is 20.3 Å². The normalized spacial score (nSPS) is 11.5. The van der Waals surface area contributed by atoms with E-state index in [0.29, 0.717) is 13.2 Å². The predicted molar refractivity (Wildman–Crippen MR) is 63.3 cm³/mol. The molecular formula is C10H20BrNO3. The fourth-order valence-corrected chi connectivity index (χ4v) is 2.01. The fourth-order valence-electron chi connectivity index (χ4n) is 1.02. The molecule has 15 heavy (non-hydrogen) atoms. The molecule has 0 fully saturated rings. The Balaban J connectivity index is 3.63. The van der Waals surface area contributed by atoms with Crippen LogP contribution in [0.25, 0.3) is 0 Å². The summed E-state index contributed by atoms with van der Waals surface area (Å²) >= 11 is 3.35. The van der Waals surface area contributed by atoms with Gasteiger partial charge in [0.25, 0.3) is 0 Å². The largest absolute Gasteiger partial charge is 0.382 e. The van der Waals surface area contributed by atoms with Gasteiger partial charge in [-0.25, -0.2) is 0 Å². The third kappa shape index (κ3) is 8.84. The van der Waals surface area contributed by atoms with Gasteiger partial charge in [-0.1, -0.05) is 15.9 Å². The van der Waals surface area contributed by atoms with Crippen molar-refractivity contribution in [2.75, 3.05) is 32.3 Å². The second kappa shape index (κ2) is 8.07. The molecule has 0 aromatic carbocycles. The molecular weight excluding hydrogens is 262 g/mol. The molecule has 0 aromatic rings. The summed E-state index contributed by atoms with van der Waals surface area (Å²) in [6.45, 7) is 5.03. The Hall–Kier alpha value is -0.130. The average molecular weight is 282 g/mol. The Labute approximate surface area is 99.8 Å². The molecule has 0 heterocycles. The number of alkyl halides is 1. The van der Waals surface area contributed by atoms with Crippen molar-refractivity contribution in [2.45, 2.75) is 25.8 Å². The highest BCUT2D eigenvalue weighted by atomic mass is 79.9. The number of nitrogens with one attached hydrogen (secondary N) is 1. The molecule has 0 spiro atoms. The summed E-state index contributed by atoms with van der Waals surface area (Å²) in [5, 5.41) is 3.77. The molecule has 1 N–H and O–H groups in total.